The summed E-state index contributed by atoms with van der Waals surface area (Å²) in [6.07, 6.45) is 0. The molecule has 0 saturated carbocycles. The number of aryl methyl sites for hydroxylation is 1. The predicted octanol–water partition coefficient (Wildman–Crippen LogP) is 4.39. The molecule has 1 N–H and O–H groups in total. The van der Waals surface area contributed by atoms with Crippen LogP contribution >= 0.6 is 15.9 Å². The van der Waals surface area contributed by atoms with Gasteiger partial charge in [0, 0.05) is 11.9 Å². The molecule has 0 radical (unpaired) electrons. The van der Waals surface area contributed by atoms with Crippen molar-refractivity contribution in [2.24, 2.45) is 0 Å². The first kappa shape index (κ1) is 13.1. The second-order valence-electron chi connectivity index (χ2n) is 4.47. The molecular formula is C15H14BrN3O. The standard InChI is InChI=1S/C15H14BrN3O/c1-3-17-15-13(16)9(2)18-14(19-15)12-8-10-6-4-5-7-11(10)20-12/h4-8H,3H2,1-2H3,(H,17,18,19). The number of hydrogen-bond donors (Lipinski definition) is 1. The molecule has 5 heteroatoms. The van der Waals surface area contributed by atoms with Crippen molar-refractivity contribution in [2.45, 2.75) is 13.8 Å². The van der Waals surface area contributed by atoms with Gasteiger partial charge in [0.05, 0.1) is 10.2 Å². The van der Waals surface area contributed by atoms with Crippen LogP contribution in [0.2, 0.25) is 0 Å². The third-order valence-corrected chi connectivity index (χ3v) is 3.96. The summed E-state index contributed by atoms with van der Waals surface area (Å²) in [6, 6.07) is 9.86. The number of benzene rings is 1. The van der Waals surface area contributed by atoms with Gasteiger partial charge in [-0.2, -0.15) is 0 Å². The van der Waals surface area contributed by atoms with Crippen molar-refractivity contribution < 1.29 is 4.42 Å². The van der Waals surface area contributed by atoms with Gasteiger partial charge in [-0.15, -0.1) is 0 Å². The lowest BCUT2D eigenvalue weighted by molar-refractivity contribution is 0.624. The maximum atomic E-state index is 5.81. The van der Waals surface area contributed by atoms with Crippen molar-refractivity contribution in [3.63, 3.8) is 0 Å². The van der Waals surface area contributed by atoms with Crippen molar-refractivity contribution in [2.75, 3.05) is 11.9 Å². The van der Waals surface area contributed by atoms with Crippen molar-refractivity contribution in [3.05, 3.63) is 40.5 Å². The van der Waals surface area contributed by atoms with Crippen molar-refractivity contribution in [3.8, 4) is 11.6 Å². The molecule has 0 aliphatic rings. The van der Waals surface area contributed by atoms with Gasteiger partial charge in [0.25, 0.3) is 0 Å². The number of fused-ring (bicyclic) bond motifs is 1. The van der Waals surface area contributed by atoms with E-state index in [0.29, 0.717) is 11.6 Å². The number of nitrogens with one attached hydrogen (secondary N) is 1. The average molecular weight is 332 g/mol. The Morgan fingerprint density at radius 2 is 2.05 bits per heavy atom. The van der Waals surface area contributed by atoms with Crippen molar-refractivity contribution in [1.29, 1.82) is 0 Å². The molecular weight excluding hydrogens is 318 g/mol. The Bertz CT molecular complexity index is 734. The number of para-hydroxylation sites is 1. The molecule has 20 heavy (non-hydrogen) atoms. The predicted molar refractivity (Wildman–Crippen MR) is 83.8 cm³/mol. The lowest BCUT2D eigenvalue weighted by atomic mass is 10.2. The lowest BCUT2D eigenvalue weighted by Gasteiger charge is -2.08. The van der Waals surface area contributed by atoms with Crippen LogP contribution in [-0.4, -0.2) is 16.5 Å². The van der Waals surface area contributed by atoms with Gasteiger partial charge >= 0.3 is 0 Å². The fourth-order valence-corrected chi connectivity index (χ4v) is 2.36. The van der Waals surface area contributed by atoms with Crippen LogP contribution in [0.15, 0.2) is 39.2 Å². The third kappa shape index (κ3) is 2.29. The number of aromatic nitrogens is 2. The van der Waals surface area contributed by atoms with E-state index >= 15 is 0 Å². The zero-order valence-electron chi connectivity index (χ0n) is 11.3. The van der Waals surface area contributed by atoms with Gasteiger partial charge in [-0.1, -0.05) is 18.2 Å². The highest BCUT2D eigenvalue weighted by molar-refractivity contribution is 9.10. The van der Waals surface area contributed by atoms with E-state index < -0.39 is 0 Å². The van der Waals surface area contributed by atoms with Gasteiger partial charge in [0.15, 0.2) is 11.6 Å². The van der Waals surface area contributed by atoms with E-state index in [1.54, 1.807) is 0 Å². The summed E-state index contributed by atoms with van der Waals surface area (Å²) < 4.78 is 6.70. The first-order valence-corrected chi connectivity index (χ1v) is 7.25. The molecule has 0 saturated heterocycles. The van der Waals surface area contributed by atoms with Gasteiger partial charge in [-0.05, 0) is 41.9 Å². The number of anilines is 1. The van der Waals surface area contributed by atoms with Crippen molar-refractivity contribution in [1.82, 2.24) is 9.97 Å². The van der Waals surface area contributed by atoms with Gasteiger partial charge in [0.2, 0.25) is 0 Å². The molecule has 102 valence electrons. The topological polar surface area (TPSA) is 51.0 Å². The molecule has 0 spiro atoms. The first-order valence-electron chi connectivity index (χ1n) is 6.46. The quantitative estimate of drug-likeness (QED) is 0.773. The van der Waals surface area contributed by atoms with Crippen LogP contribution in [0.25, 0.3) is 22.6 Å². The average Bonchev–Trinajstić information content (AvgIpc) is 2.87. The molecule has 1 aromatic carbocycles. The van der Waals surface area contributed by atoms with Gasteiger partial charge in [-0.25, -0.2) is 9.97 Å². The maximum absolute atomic E-state index is 5.81. The molecule has 0 fully saturated rings. The number of hydrogen-bond acceptors (Lipinski definition) is 4. The summed E-state index contributed by atoms with van der Waals surface area (Å²) in [5.41, 5.74) is 1.73. The second kappa shape index (κ2) is 5.25. The van der Waals surface area contributed by atoms with E-state index in [9.17, 15) is 0 Å². The first-order chi connectivity index (χ1) is 9.69. The molecule has 0 bridgehead atoms. The number of nitrogens with zero attached hydrogens (tertiary/aromatic N) is 2. The molecule has 3 aromatic rings. The number of rotatable bonds is 3. The van der Waals surface area contributed by atoms with Gasteiger partial charge in [0.1, 0.15) is 11.4 Å². The highest BCUT2D eigenvalue weighted by Crippen LogP contribution is 2.29. The molecule has 0 amide bonds. The molecule has 0 atom stereocenters. The van der Waals surface area contributed by atoms with Crippen LogP contribution in [0.1, 0.15) is 12.6 Å². The lowest BCUT2D eigenvalue weighted by Crippen LogP contribution is -2.04. The van der Waals surface area contributed by atoms with Gasteiger partial charge in [-0.3, -0.25) is 0 Å². The fourth-order valence-electron chi connectivity index (χ4n) is 2.05. The molecule has 4 nitrogen and oxygen atoms in total. The van der Waals surface area contributed by atoms with E-state index in [0.717, 1.165) is 33.5 Å². The Labute approximate surface area is 125 Å². The van der Waals surface area contributed by atoms with Crippen LogP contribution in [0, 0.1) is 6.92 Å². The molecule has 0 aliphatic heterocycles. The Kier molecular flexibility index (Phi) is 3.44. The van der Waals surface area contributed by atoms with Crippen LogP contribution < -0.4 is 5.32 Å². The summed E-state index contributed by atoms with van der Waals surface area (Å²) >= 11 is 3.50. The molecule has 0 unspecified atom stereocenters. The summed E-state index contributed by atoms with van der Waals surface area (Å²) in [5, 5.41) is 4.27. The summed E-state index contributed by atoms with van der Waals surface area (Å²) in [4.78, 5) is 9.01. The highest BCUT2D eigenvalue weighted by Gasteiger charge is 2.13. The largest absolute Gasteiger partial charge is 0.453 e. The fraction of sp³-hybridized carbons (Fsp3) is 0.200. The Morgan fingerprint density at radius 3 is 2.80 bits per heavy atom. The van der Waals surface area contributed by atoms with Crippen LogP contribution in [0.3, 0.4) is 0 Å². The van der Waals surface area contributed by atoms with Crippen LogP contribution in [0.4, 0.5) is 5.82 Å². The number of furan rings is 1. The number of halogens is 1. The molecule has 3 rings (SSSR count). The van der Waals surface area contributed by atoms with E-state index in [4.69, 9.17) is 4.42 Å². The Hall–Kier alpha value is -1.88. The molecule has 2 aromatic heterocycles. The SMILES string of the molecule is CCNc1nc(-c2cc3ccccc3o2)nc(C)c1Br. The van der Waals surface area contributed by atoms with Crippen LogP contribution in [0.5, 0.6) is 0 Å². The molecule has 2 heterocycles. The minimum atomic E-state index is 0.595. The third-order valence-electron chi connectivity index (χ3n) is 3.01. The summed E-state index contributed by atoms with van der Waals surface area (Å²) in [7, 11) is 0. The normalized spacial score (nSPS) is 10.9. The minimum Gasteiger partial charge on any atom is -0.453 e. The molecule has 0 aliphatic carbocycles. The van der Waals surface area contributed by atoms with Gasteiger partial charge < -0.3 is 9.73 Å². The smallest absolute Gasteiger partial charge is 0.197 e. The Morgan fingerprint density at radius 1 is 1.25 bits per heavy atom. The zero-order chi connectivity index (χ0) is 14.1. The van der Waals surface area contributed by atoms with Crippen molar-refractivity contribution >= 4 is 32.7 Å². The summed E-state index contributed by atoms with van der Waals surface area (Å²) in [6.45, 7) is 4.78. The monoisotopic (exact) mass is 331 g/mol. The van der Waals surface area contributed by atoms with E-state index in [1.165, 1.54) is 0 Å². The summed E-state index contributed by atoms with van der Waals surface area (Å²) in [5.74, 6) is 2.06. The van der Waals surface area contributed by atoms with Crippen LogP contribution in [-0.2, 0) is 0 Å². The van der Waals surface area contributed by atoms with E-state index in [2.05, 4.69) is 31.2 Å². The Balaban J connectivity index is 2.13. The van der Waals surface area contributed by atoms with E-state index in [1.807, 2.05) is 44.2 Å². The highest BCUT2D eigenvalue weighted by atomic mass is 79.9. The zero-order valence-corrected chi connectivity index (χ0v) is 12.9. The minimum absolute atomic E-state index is 0.595. The maximum Gasteiger partial charge on any atom is 0.197 e. The second-order valence-corrected chi connectivity index (χ2v) is 5.27. The van der Waals surface area contributed by atoms with E-state index in [-0.39, 0.29) is 0 Å².